The van der Waals surface area contributed by atoms with E-state index in [9.17, 15) is 4.79 Å². The lowest BCUT2D eigenvalue weighted by atomic mass is 9.81. The van der Waals surface area contributed by atoms with Gasteiger partial charge in [-0.2, -0.15) is 0 Å². The van der Waals surface area contributed by atoms with E-state index in [1.54, 1.807) is 0 Å². The Balaban J connectivity index is 1.72. The van der Waals surface area contributed by atoms with Gasteiger partial charge < -0.3 is 9.47 Å². The maximum Gasteiger partial charge on any atom is 0.293 e. The zero-order chi connectivity index (χ0) is 14.2. The third-order valence-corrected chi connectivity index (χ3v) is 5.31. The molecule has 3 rings (SSSR count). The summed E-state index contributed by atoms with van der Waals surface area (Å²) in [5.41, 5.74) is 1.37. The van der Waals surface area contributed by atoms with Crippen LogP contribution in [-0.2, 0) is 20.9 Å². The van der Waals surface area contributed by atoms with Crippen LogP contribution in [0.15, 0.2) is 30.3 Å². The van der Waals surface area contributed by atoms with E-state index >= 15 is 0 Å². The van der Waals surface area contributed by atoms with Crippen LogP contribution >= 0.6 is 0 Å². The third-order valence-electron chi connectivity index (χ3n) is 5.31. The van der Waals surface area contributed by atoms with Crippen LogP contribution in [0.5, 0.6) is 0 Å². The van der Waals surface area contributed by atoms with Gasteiger partial charge in [-0.15, -0.1) is 0 Å². The van der Waals surface area contributed by atoms with Crippen LogP contribution in [0.2, 0.25) is 0 Å². The van der Waals surface area contributed by atoms with Crippen LogP contribution < -0.4 is 0 Å². The van der Waals surface area contributed by atoms with Crippen LogP contribution in [0.3, 0.4) is 0 Å². The average molecular weight is 274 g/mol. The molecule has 0 radical (unpaired) electrons. The Morgan fingerprint density at radius 3 is 2.45 bits per heavy atom. The van der Waals surface area contributed by atoms with Crippen molar-refractivity contribution in [2.45, 2.75) is 45.5 Å². The molecule has 0 heterocycles. The highest BCUT2D eigenvalue weighted by molar-refractivity contribution is 5.38. The van der Waals surface area contributed by atoms with Crippen molar-refractivity contribution in [3.8, 4) is 0 Å². The smallest absolute Gasteiger partial charge is 0.293 e. The number of benzene rings is 1. The van der Waals surface area contributed by atoms with E-state index in [1.165, 1.54) is 6.42 Å². The molecule has 1 aromatic rings. The highest BCUT2D eigenvalue weighted by Crippen LogP contribution is 2.59. The predicted molar refractivity (Wildman–Crippen MR) is 76.0 cm³/mol. The molecule has 0 saturated heterocycles. The molecule has 108 valence electrons. The van der Waals surface area contributed by atoms with E-state index < -0.39 is 0 Å². The number of carbonyl (C=O) groups excluding carboxylic acids is 1. The molecule has 2 saturated carbocycles. The van der Waals surface area contributed by atoms with Crippen molar-refractivity contribution < 1.29 is 14.3 Å². The number of hydrogen-bond acceptors (Lipinski definition) is 3. The predicted octanol–water partition coefficient (Wildman–Crippen LogP) is 3.18. The Labute approximate surface area is 120 Å². The summed E-state index contributed by atoms with van der Waals surface area (Å²) in [5.74, 6) is 0.916. The summed E-state index contributed by atoms with van der Waals surface area (Å²) in [6.07, 6.45) is 2.27. The number of fused-ring (bicyclic) bond motifs is 2. The van der Waals surface area contributed by atoms with Crippen molar-refractivity contribution in [2.75, 3.05) is 0 Å². The fourth-order valence-corrected chi connectivity index (χ4v) is 4.23. The summed E-state index contributed by atoms with van der Waals surface area (Å²) in [6.45, 7) is 5.73. The summed E-state index contributed by atoms with van der Waals surface area (Å²) in [5, 5.41) is 0. The van der Waals surface area contributed by atoms with Crippen molar-refractivity contribution in [1.29, 1.82) is 0 Å². The molecule has 1 aromatic carbocycles. The molecule has 2 fully saturated rings. The Kier molecular flexibility index (Phi) is 3.55. The van der Waals surface area contributed by atoms with Gasteiger partial charge in [0.05, 0.1) is 12.7 Å². The molecule has 2 aliphatic rings. The molecule has 4 atom stereocenters. The van der Waals surface area contributed by atoms with Crippen LogP contribution in [0.1, 0.15) is 32.3 Å². The Morgan fingerprint density at radius 1 is 1.15 bits per heavy atom. The number of ether oxygens (including phenoxy) is 2. The molecule has 0 spiro atoms. The minimum Gasteiger partial charge on any atom is -0.461 e. The van der Waals surface area contributed by atoms with Crippen LogP contribution in [0, 0.1) is 17.3 Å². The zero-order valence-corrected chi connectivity index (χ0v) is 12.1. The van der Waals surface area contributed by atoms with E-state index in [0.717, 1.165) is 12.0 Å². The largest absolute Gasteiger partial charge is 0.461 e. The fraction of sp³-hybridized carbons (Fsp3) is 0.588. The average Bonchev–Trinajstić information content (AvgIpc) is 2.85. The van der Waals surface area contributed by atoms with E-state index in [-0.39, 0.29) is 17.6 Å². The minimum absolute atomic E-state index is 0.0363. The third kappa shape index (κ3) is 2.14. The maximum atomic E-state index is 10.8. The first kappa shape index (κ1) is 13.6. The molecule has 2 aliphatic carbocycles. The normalized spacial score (nSPS) is 34.1. The highest BCUT2D eigenvalue weighted by atomic mass is 16.6. The number of hydrogen-bond donors (Lipinski definition) is 0. The number of carbonyl (C=O) groups is 1. The molecule has 0 aliphatic heterocycles. The molecule has 3 heteroatoms. The van der Waals surface area contributed by atoms with Crippen molar-refractivity contribution in [2.24, 2.45) is 17.3 Å². The topological polar surface area (TPSA) is 35.5 Å². The summed E-state index contributed by atoms with van der Waals surface area (Å²) >= 11 is 0. The summed E-state index contributed by atoms with van der Waals surface area (Å²) in [7, 11) is 0. The van der Waals surface area contributed by atoms with Gasteiger partial charge in [-0.25, -0.2) is 0 Å². The molecule has 0 N–H and O–H groups in total. The highest BCUT2D eigenvalue weighted by Gasteiger charge is 2.60. The van der Waals surface area contributed by atoms with Gasteiger partial charge in [0.25, 0.3) is 6.47 Å². The molecule has 3 nitrogen and oxygen atoms in total. The maximum absolute atomic E-state index is 10.8. The number of rotatable bonds is 5. The first-order chi connectivity index (χ1) is 9.64. The van der Waals surface area contributed by atoms with Gasteiger partial charge in [-0.3, -0.25) is 4.79 Å². The van der Waals surface area contributed by atoms with E-state index in [2.05, 4.69) is 26.0 Å². The minimum atomic E-state index is -0.0787. The first-order valence-electron chi connectivity index (χ1n) is 7.39. The van der Waals surface area contributed by atoms with Gasteiger partial charge in [0, 0.05) is 5.92 Å². The molecule has 0 unspecified atom stereocenters. The summed E-state index contributed by atoms with van der Waals surface area (Å²) in [6, 6.07) is 10.2. The second kappa shape index (κ2) is 5.21. The van der Waals surface area contributed by atoms with E-state index in [4.69, 9.17) is 9.47 Å². The van der Waals surface area contributed by atoms with Gasteiger partial charge in [-0.05, 0) is 29.7 Å². The van der Waals surface area contributed by atoms with E-state index in [1.807, 2.05) is 18.2 Å². The van der Waals surface area contributed by atoms with Gasteiger partial charge in [-0.1, -0.05) is 44.2 Å². The molecule has 0 aromatic heterocycles. The Morgan fingerprint density at radius 2 is 1.80 bits per heavy atom. The lowest BCUT2D eigenvalue weighted by Gasteiger charge is -2.29. The molecule has 2 bridgehead atoms. The molecular formula is C17H22O3. The quantitative estimate of drug-likeness (QED) is 0.774. The van der Waals surface area contributed by atoms with Crippen molar-refractivity contribution in [3.63, 3.8) is 0 Å². The SMILES string of the molecule is CC1(C)[C@@H]2CC[C@H]1[C@H](OCc1ccccc1)[C@@H]2OC=O. The van der Waals surface area contributed by atoms with Gasteiger partial charge in [0.1, 0.15) is 6.10 Å². The monoisotopic (exact) mass is 274 g/mol. The van der Waals surface area contributed by atoms with Crippen molar-refractivity contribution >= 4 is 6.47 Å². The standard InChI is InChI=1S/C17H22O3/c1-17(2)13-8-9-14(17)16(20-11-18)15(13)19-10-12-6-4-3-5-7-12/h3-7,11,13-16H,8-10H2,1-2H3/t13-,14+,15-,16+/m0/s1. The van der Waals surface area contributed by atoms with Gasteiger partial charge >= 0.3 is 0 Å². The lowest BCUT2D eigenvalue weighted by Crippen LogP contribution is -2.36. The van der Waals surface area contributed by atoms with Crippen LogP contribution in [0.4, 0.5) is 0 Å². The Bertz CT molecular complexity index is 468. The second-order valence-electron chi connectivity index (χ2n) is 6.57. The molecule has 0 amide bonds. The van der Waals surface area contributed by atoms with Crippen molar-refractivity contribution in [3.05, 3.63) is 35.9 Å². The van der Waals surface area contributed by atoms with Crippen LogP contribution in [0.25, 0.3) is 0 Å². The summed E-state index contributed by atoms with van der Waals surface area (Å²) < 4.78 is 11.5. The zero-order valence-electron chi connectivity index (χ0n) is 12.1. The van der Waals surface area contributed by atoms with Gasteiger partial charge in [0.2, 0.25) is 0 Å². The Hall–Kier alpha value is -1.35. The second-order valence-corrected chi connectivity index (χ2v) is 6.57. The lowest BCUT2D eigenvalue weighted by molar-refractivity contribution is -0.148. The first-order valence-corrected chi connectivity index (χ1v) is 7.39. The van der Waals surface area contributed by atoms with Crippen LogP contribution in [-0.4, -0.2) is 18.7 Å². The summed E-state index contributed by atoms with van der Waals surface area (Å²) in [4.78, 5) is 10.8. The van der Waals surface area contributed by atoms with E-state index in [0.29, 0.717) is 24.9 Å². The fourth-order valence-electron chi connectivity index (χ4n) is 4.23. The van der Waals surface area contributed by atoms with Gasteiger partial charge in [0.15, 0.2) is 0 Å². The molecular weight excluding hydrogens is 252 g/mol. The van der Waals surface area contributed by atoms with Crippen molar-refractivity contribution in [1.82, 2.24) is 0 Å². The molecule has 20 heavy (non-hydrogen) atoms.